The third-order valence-electron chi connectivity index (χ3n) is 4.27. The zero-order valence-corrected chi connectivity index (χ0v) is 13.0. The molecule has 22 heavy (non-hydrogen) atoms. The van der Waals surface area contributed by atoms with Crippen molar-refractivity contribution in [3.63, 3.8) is 0 Å². The van der Waals surface area contributed by atoms with Gasteiger partial charge in [-0.15, -0.1) is 0 Å². The van der Waals surface area contributed by atoms with Crippen LogP contribution in [0.4, 0.5) is 0 Å². The second-order valence-corrected chi connectivity index (χ2v) is 6.10. The summed E-state index contributed by atoms with van der Waals surface area (Å²) in [6.07, 6.45) is 7.04. The standard InChI is InChI=1S/C18H22N2O2/c1-13-8-10-14(11-9-13)16-12-17(22-20-16)18(21)19-15-6-4-2-3-5-7-15/h8-12,15H,2-7H2,1H3,(H,19,21). The van der Waals surface area contributed by atoms with Crippen LogP contribution in [0.2, 0.25) is 0 Å². The minimum Gasteiger partial charge on any atom is -0.350 e. The minimum atomic E-state index is -0.155. The van der Waals surface area contributed by atoms with Crippen LogP contribution < -0.4 is 5.32 Å². The number of aryl methyl sites for hydroxylation is 1. The fourth-order valence-corrected chi connectivity index (χ4v) is 2.92. The van der Waals surface area contributed by atoms with Gasteiger partial charge in [0.05, 0.1) is 0 Å². The number of rotatable bonds is 3. The van der Waals surface area contributed by atoms with Gasteiger partial charge in [-0.25, -0.2) is 0 Å². The van der Waals surface area contributed by atoms with E-state index < -0.39 is 0 Å². The molecule has 0 atom stereocenters. The third-order valence-corrected chi connectivity index (χ3v) is 4.27. The number of carbonyl (C=O) groups is 1. The third kappa shape index (κ3) is 3.56. The Morgan fingerprint density at radius 1 is 1.14 bits per heavy atom. The summed E-state index contributed by atoms with van der Waals surface area (Å²) >= 11 is 0. The highest BCUT2D eigenvalue weighted by molar-refractivity contribution is 5.92. The van der Waals surface area contributed by atoms with E-state index in [2.05, 4.69) is 10.5 Å². The van der Waals surface area contributed by atoms with E-state index in [1.54, 1.807) is 6.07 Å². The first kappa shape index (κ1) is 14.8. The Balaban J connectivity index is 1.67. The summed E-state index contributed by atoms with van der Waals surface area (Å²) in [6.45, 7) is 2.04. The average Bonchev–Trinajstić information content (AvgIpc) is 2.88. The Hall–Kier alpha value is -2.10. The minimum absolute atomic E-state index is 0.155. The van der Waals surface area contributed by atoms with Gasteiger partial charge in [-0.3, -0.25) is 4.79 Å². The van der Waals surface area contributed by atoms with Crippen LogP contribution in [0.1, 0.15) is 54.6 Å². The second-order valence-electron chi connectivity index (χ2n) is 6.10. The zero-order valence-electron chi connectivity index (χ0n) is 13.0. The van der Waals surface area contributed by atoms with Gasteiger partial charge in [0.2, 0.25) is 5.76 Å². The molecule has 0 saturated heterocycles. The van der Waals surface area contributed by atoms with E-state index in [4.69, 9.17) is 4.52 Å². The van der Waals surface area contributed by atoms with E-state index in [1.165, 1.54) is 31.2 Å². The Morgan fingerprint density at radius 2 is 1.82 bits per heavy atom. The fourth-order valence-electron chi connectivity index (χ4n) is 2.92. The highest BCUT2D eigenvalue weighted by Crippen LogP contribution is 2.21. The number of benzene rings is 1. The summed E-state index contributed by atoms with van der Waals surface area (Å²) in [5.41, 5.74) is 2.85. The number of hydrogen-bond acceptors (Lipinski definition) is 3. The van der Waals surface area contributed by atoms with Crippen molar-refractivity contribution < 1.29 is 9.32 Å². The molecule has 1 heterocycles. The first-order valence-electron chi connectivity index (χ1n) is 8.07. The molecule has 1 aromatic carbocycles. The number of amides is 1. The maximum Gasteiger partial charge on any atom is 0.290 e. The summed E-state index contributed by atoms with van der Waals surface area (Å²) in [4.78, 5) is 12.3. The molecule has 0 bridgehead atoms. The maximum atomic E-state index is 12.3. The summed E-state index contributed by atoms with van der Waals surface area (Å²) < 4.78 is 5.22. The lowest BCUT2D eigenvalue weighted by molar-refractivity contribution is 0.0896. The summed E-state index contributed by atoms with van der Waals surface area (Å²) in [6, 6.07) is 10.0. The van der Waals surface area contributed by atoms with Crippen molar-refractivity contribution in [1.82, 2.24) is 10.5 Å². The number of aromatic nitrogens is 1. The molecule has 3 rings (SSSR count). The van der Waals surface area contributed by atoms with Crippen LogP contribution in [0.15, 0.2) is 34.9 Å². The van der Waals surface area contributed by atoms with Gasteiger partial charge in [0.1, 0.15) is 5.69 Å². The van der Waals surface area contributed by atoms with Crippen molar-refractivity contribution in [1.29, 1.82) is 0 Å². The SMILES string of the molecule is Cc1ccc(-c2cc(C(=O)NC3CCCCCC3)on2)cc1. The number of carbonyl (C=O) groups excluding carboxylic acids is 1. The van der Waals surface area contributed by atoms with Crippen LogP contribution in [-0.2, 0) is 0 Å². The van der Waals surface area contributed by atoms with Gasteiger partial charge in [-0.2, -0.15) is 0 Å². The maximum absolute atomic E-state index is 12.3. The summed E-state index contributed by atoms with van der Waals surface area (Å²) in [5.74, 6) is 0.137. The molecule has 1 saturated carbocycles. The van der Waals surface area contributed by atoms with E-state index in [1.807, 2.05) is 31.2 Å². The lowest BCUT2D eigenvalue weighted by Gasteiger charge is -2.14. The molecule has 1 fully saturated rings. The molecule has 0 radical (unpaired) electrons. The Labute approximate surface area is 130 Å². The van der Waals surface area contributed by atoms with Crippen LogP contribution in [0, 0.1) is 6.92 Å². The van der Waals surface area contributed by atoms with E-state index in [0.717, 1.165) is 18.4 Å². The molecular weight excluding hydrogens is 276 g/mol. The van der Waals surface area contributed by atoms with Crippen molar-refractivity contribution in [2.75, 3.05) is 0 Å². The van der Waals surface area contributed by atoms with Gasteiger partial charge in [-0.1, -0.05) is 60.7 Å². The monoisotopic (exact) mass is 298 g/mol. The molecule has 1 aliphatic rings. The molecule has 0 spiro atoms. The van der Waals surface area contributed by atoms with Gasteiger partial charge < -0.3 is 9.84 Å². The average molecular weight is 298 g/mol. The molecule has 4 heteroatoms. The first-order valence-corrected chi connectivity index (χ1v) is 8.07. The molecule has 0 unspecified atom stereocenters. The van der Waals surface area contributed by atoms with Crippen molar-refractivity contribution in [3.8, 4) is 11.3 Å². The zero-order chi connectivity index (χ0) is 15.4. The molecule has 0 aliphatic heterocycles. The smallest absolute Gasteiger partial charge is 0.290 e. The van der Waals surface area contributed by atoms with Crippen molar-refractivity contribution in [3.05, 3.63) is 41.7 Å². The normalized spacial score (nSPS) is 16.2. The summed E-state index contributed by atoms with van der Waals surface area (Å²) in [7, 11) is 0. The number of hydrogen-bond donors (Lipinski definition) is 1. The van der Waals surface area contributed by atoms with Gasteiger partial charge in [0, 0.05) is 17.7 Å². The van der Waals surface area contributed by atoms with E-state index in [0.29, 0.717) is 11.5 Å². The largest absolute Gasteiger partial charge is 0.350 e. The number of nitrogens with zero attached hydrogens (tertiary/aromatic N) is 1. The molecule has 1 aromatic heterocycles. The molecule has 1 amide bonds. The van der Waals surface area contributed by atoms with Gasteiger partial charge in [0.15, 0.2) is 0 Å². The van der Waals surface area contributed by atoms with Gasteiger partial charge >= 0.3 is 0 Å². The molecular formula is C18H22N2O2. The van der Waals surface area contributed by atoms with E-state index >= 15 is 0 Å². The lowest BCUT2D eigenvalue weighted by Crippen LogP contribution is -2.34. The van der Waals surface area contributed by atoms with Crippen LogP contribution in [-0.4, -0.2) is 17.1 Å². The van der Waals surface area contributed by atoms with E-state index in [9.17, 15) is 4.79 Å². The van der Waals surface area contributed by atoms with Gasteiger partial charge in [-0.05, 0) is 19.8 Å². The Bertz CT molecular complexity index is 623. The first-order chi connectivity index (χ1) is 10.7. The molecule has 1 N–H and O–H groups in total. The summed E-state index contributed by atoms with van der Waals surface area (Å²) in [5, 5.41) is 7.09. The highest BCUT2D eigenvalue weighted by Gasteiger charge is 2.19. The topological polar surface area (TPSA) is 55.1 Å². The lowest BCUT2D eigenvalue weighted by atomic mass is 10.1. The van der Waals surface area contributed by atoms with Crippen molar-refractivity contribution >= 4 is 5.91 Å². The highest BCUT2D eigenvalue weighted by atomic mass is 16.5. The fraction of sp³-hybridized carbons (Fsp3) is 0.444. The second kappa shape index (κ2) is 6.77. The van der Waals surface area contributed by atoms with Crippen LogP contribution in [0.5, 0.6) is 0 Å². The van der Waals surface area contributed by atoms with Crippen LogP contribution in [0.25, 0.3) is 11.3 Å². The predicted molar refractivity (Wildman–Crippen MR) is 85.6 cm³/mol. The van der Waals surface area contributed by atoms with Crippen LogP contribution in [0.3, 0.4) is 0 Å². The van der Waals surface area contributed by atoms with Crippen molar-refractivity contribution in [2.24, 2.45) is 0 Å². The number of nitrogens with one attached hydrogen (secondary N) is 1. The molecule has 1 aliphatic carbocycles. The predicted octanol–water partition coefficient (Wildman–Crippen LogP) is 4.10. The van der Waals surface area contributed by atoms with Crippen molar-refractivity contribution in [2.45, 2.75) is 51.5 Å². The molecule has 2 aromatic rings. The van der Waals surface area contributed by atoms with E-state index in [-0.39, 0.29) is 11.9 Å². The van der Waals surface area contributed by atoms with Crippen LogP contribution >= 0.6 is 0 Å². The molecule has 4 nitrogen and oxygen atoms in total. The Kier molecular flexibility index (Phi) is 4.56. The quantitative estimate of drug-likeness (QED) is 0.868. The molecule has 116 valence electrons. The van der Waals surface area contributed by atoms with Gasteiger partial charge in [0.25, 0.3) is 5.91 Å². The Morgan fingerprint density at radius 3 is 2.50 bits per heavy atom.